The monoisotopic (exact) mass is 424 g/mol. The molecule has 5 rings (SSSR count). The van der Waals surface area contributed by atoms with Gasteiger partial charge in [0.25, 0.3) is 5.91 Å². The number of benzene rings is 2. The molecule has 3 heterocycles. The first-order valence-electron chi connectivity index (χ1n) is 10.7. The quantitative estimate of drug-likeness (QED) is 0.365. The molecule has 0 aliphatic carbocycles. The summed E-state index contributed by atoms with van der Waals surface area (Å²) in [6.45, 7) is 6.46. The lowest BCUT2D eigenvalue weighted by Gasteiger charge is -2.44. The van der Waals surface area contributed by atoms with E-state index in [-0.39, 0.29) is 18.0 Å². The van der Waals surface area contributed by atoms with Gasteiger partial charge in [-0.15, -0.1) is 0 Å². The van der Waals surface area contributed by atoms with Crippen molar-refractivity contribution in [3.8, 4) is 0 Å². The van der Waals surface area contributed by atoms with Crippen LogP contribution in [0, 0.1) is 0 Å². The molecule has 0 spiro atoms. The summed E-state index contributed by atoms with van der Waals surface area (Å²) < 4.78 is 11.1. The van der Waals surface area contributed by atoms with Crippen molar-refractivity contribution in [1.29, 1.82) is 0 Å². The van der Waals surface area contributed by atoms with E-state index in [9.17, 15) is 4.79 Å². The summed E-state index contributed by atoms with van der Waals surface area (Å²) in [4.78, 5) is 17.7. The van der Waals surface area contributed by atoms with Gasteiger partial charge in [-0.25, -0.2) is 0 Å². The van der Waals surface area contributed by atoms with Crippen LogP contribution in [0.4, 0.5) is 11.4 Å². The molecule has 4 aromatic rings. The van der Waals surface area contributed by atoms with E-state index < -0.39 is 0 Å². The fourth-order valence-electron chi connectivity index (χ4n) is 4.55. The van der Waals surface area contributed by atoms with Gasteiger partial charge in [-0.3, -0.25) is 9.69 Å². The molecule has 1 aliphatic heterocycles. The van der Waals surface area contributed by atoms with Crippen molar-refractivity contribution in [3.63, 3.8) is 0 Å². The second-order valence-electron chi connectivity index (χ2n) is 7.94. The number of hydrogen-bond acceptors (Lipinski definition) is 4. The molecule has 160 valence electrons. The standard InChI is InChI=1S/C27H24N2O3/c1-19-18-24(29(21-10-4-3-5-11-21)27(30)26-15-9-17-32-26)22-12-6-7-13-23(22)28(19)20(2)25-14-8-16-31-25/h3-17,19,24H,2,18H2,1H3. The summed E-state index contributed by atoms with van der Waals surface area (Å²) in [7, 11) is 0. The predicted molar refractivity (Wildman–Crippen MR) is 125 cm³/mol. The van der Waals surface area contributed by atoms with E-state index in [1.807, 2.05) is 59.5 Å². The average Bonchev–Trinajstić information content (AvgIpc) is 3.54. The molecular weight excluding hydrogens is 400 g/mol. The second-order valence-corrected chi connectivity index (χ2v) is 7.94. The largest absolute Gasteiger partial charge is 0.463 e. The lowest BCUT2D eigenvalue weighted by atomic mass is 9.89. The Morgan fingerprint density at radius 1 is 0.906 bits per heavy atom. The maximum absolute atomic E-state index is 13.6. The Labute approximate surface area is 187 Å². The third-order valence-electron chi connectivity index (χ3n) is 5.95. The topological polar surface area (TPSA) is 49.8 Å². The fourth-order valence-corrected chi connectivity index (χ4v) is 4.55. The van der Waals surface area contributed by atoms with Crippen LogP contribution in [0.15, 0.2) is 107 Å². The minimum atomic E-state index is -0.165. The minimum absolute atomic E-state index is 0.0862. The van der Waals surface area contributed by atoms with Gasteiger partial charge >= 0.3 is 0 Å². The second kappa shape index (κ2) is 8.27. The zero-order valence-electron chi connectivity index (χ0n) is 17.8. The van der Waals surface area contributed by atoms with E-state index >= 15 is 0 Å². The van der Waals surface area contributed by atoms with Crippen LogP contribution in [0.5, 0.6) is 0 Å². The van der Waals surface area contributed by atoms with E-state index in [0.29, 0.717) is 5.76 Å². The summed E-state index contributed by atoms with van der Waals surface area (Å²) in [5, 5.41) is 0. The molecule has 5 heteroatoms. The highest BCUT2D eigenvalue weighted by Crippen LogP contribution is 2.45. The van der Waals surface area contributed by atoms with Crippen molar-refractivity contribution in [2.75, 3.05) is 9.80 Å². The first-order chi connectivity index (χ1) is 15.6. The molecular formula is C27H24N2O3. The van der Waals surface area contributed by atoms with Crippen LogP contribution in [0.3, 0.4) is 0 Å². The molecule has 0 saturated carbocycles. The Hall–Kier alpha value is -3.99. The Morgan fingerprint density at radius 2 is 1.56 bits per heavy atom. The molecule has 2 atom stereocenters. The van der Waals surface area contributed by atoms with E-state index in [2.05, 4.69) is 30.5 Å². The number of carbonyl (C=O) groups excluding carboxylic acids is 1. The number of rotatable bonds is 5. The highest BCUT2D eigenvalue weighted by Gasteiger charge is 2.38. The van der Waals surface area contributed by atoms with Crippen LogP contribution >= 0.6 is 0 Å². The van der Waals surface area contributed by atoms with Gasteiger partial charge in [0.1, 0.15) is 5.76 Å². The molecule has 0 radical (unpaired) electrons. The van der Waals surface area contributed by atoms with Crippen LogP contribution in [-0.4, -0.2) is 11.9 Å². The first-order valence-corrected chi connectivity index (χ1v) is 10.7. The Morgan fingerprint density at radius 3 is 2.25 bits per heavy atom. The van der Waals surface area contributed by atoms with Gasteiger partial charge in [0, 0.05) is 17.4 Å². The average molecular weight is 425 g/mol. The molecule has 0 N–H and O–H groups in total. The smallest absolute Gasteiger partial charge is 0.294 e. The SMILES string of the molecule is C=C(c1ccco1)N1c2ccccc2C(N(C(=O)c2ccco2)c2ccccc2)CC1C. The van der Waals surface area contributed by atoms with E-state index in [4.69, 9.17) is 8.83 Å². The van der Waals surface area contributed by atoms with Crippen molar-refractivity contribution < 1.29 is 13.6 Å². The fraction of sp³-hybridized carbons (Fsp3) is 0.148. The maximum atomic E-state index is 13.6. The highest BCUT2D eigenvalue weighted by atomic mass is 16.3. The van der Waals surface area contributed by atoms with E-state index in [1.165, 1.54) is 6.26 Å². The van der Waals surface area contributed by atoms with Crippen LogP contribution in [0.1, 0.15) is 41.3 Å². The molecule has 2 aromatic carbocycles. The third-order valence-corrected chi connectivity index (χ3v) is 5.95. The van der Waals surface area contributed by atoms with Crippen LogP contribution in [0.2, 0.25) is 0 Å². The Balaban J connectivity index is 1.61. The number of para-hydroxylation sites is 2. The number of carbonyl (C=O) groups is 1. The van der Waals surface area contributed by atoms with Crippen LogP contribution < -0.4 is 9.80 Å². The van der Waals surface area contributed by atoms with Crippen LogP contribution in [0.25, 0.3) is 5.70 Å². The lowest BCUT2D eigenvalue weighted by Crippen LogP contribution is -2.44. The van der Waals surface area contributed by atoms with Gasteiger partial charge in [0.15, 0.2) is 5.76 Å². The molecule has 5 nitrogen and oxygen atoms in total. The lowest BCUT2D eigenvalue weighted by molar-refractivity contribution is 0.0946. The van der Waals surface area contributed by atoms with Crippen LogP contribution in [-0.2, 0) is 0 Å². The molecule has 2 unspecified atom stereocenters. The normalized spacial score (nSPS) is 17.6. The number of amides is 1. The Bertz CT molecular complexity index is 1210. The third kappa shape index (κ3) is 3.42. The molecule has 1 amide bonds. The summed E-state index contributed by atoms with van der Waals surface area (Å²) in [5.74, 6) is 0.893. The van der Waals surface area contributed by atoms with Crippen molar-refractivity contribution in [3.05, 3.63) is 115 Å². The van der Waals surface area contributed by atoms with Crippen molar-refractivity contribution >= 4 is 23.0 Å². The Kier molecular flexibility index (Phi) is 5.15. The van der Waals surface area contributed by atoms with Gasteiger partial charge in [-0.05, 0) is 61.4 Å². The van der Waals surface area contributed by atoms with Crippen molar-refractivity contribution in [2.45, 2.75) is 25.4 Å². The number of hydrogen-bond donors (Lipinski definition) is 0. The summed E-state index contributed by atoms with van der Waals surface area (Å²) >= 11 is 0. The first kappa shape index (κ1) is 19.9. The van der Waals surface area contributed by atoms with Gasteiger partial charge in [-0.2, -0.15) is 0 Å². The zero-order chi connectivity index (χ0) is 22.1. The van der Waals surface area contributed by atoms with Gasteiger partial charge in [0.2, 0.25) is 0 Å². The summed E-state index contributed by atoms with van der Waals surface area (Å²) in [5.41, 5.74) is 3.71. The maximum Gasteiger partial charge on any atom is 0.294 e. The van der Waals surface area contributed by atoms with Crippen molar-refractivity contribution in [2.24, 2.45) is 0 Å². The van der Waals surface area contributed by atoms with E-state index in [1.54, 1.807) is 18.4 Å². The summed E-state index contributed by atoms with van der Waals surface area (Å²) in [6.07, 6.45) is 3.91. The van der Waals surface area contributed by atoms with Crippen molar-refractivity contribution in [1.82, 2.24) is 0 Å². The van der Waals surface area contributed by atoms with Gasteiger partial charge in [-0.1, -0.05) is 43.0 Å². The number of fused-ring (bicyclic) bond motifs is 1. The number of furan rings is 2. The minimum Gasteiger partial charge on any atom is -0.463 e. The predicted octanol–water partition coefficient (Wildman–Crippen LogP) is 6.53. The molecule has 1 aliphatic rings. The summed E-state index contributed by atoms with van der Waals surface area (Å²) in [6, 6.07) is 25.1. The zero-order valence-corrected chi connectivity index (χ0v) is 17.8. The molecule has 0 bridgehead atoms. The van der Waals surface area contributed by atoms with E-state index in [0.717, 1.165) is 34.8 Å². The van der Waals surface area contributed by atoms with Gasteiger partial charge in [0.05, 0.1) is 24.3 Å². The molecule has 0 saturated heterocycles. The van der Waals surface area contributed by atoms with Gasteiger partial charge < -0.3 is 13.7 Å². The molecule has 0 fully saturated rings. The molecule has 32 heavy (non-hydrogen) atoms. The number of anilines is 2. The number of nitrogens with zero attached hydrogens (tertiary/aromatic N) is 2. The highest BCUT2D eigenvalue weighted by molar-refractivity contribution is 6.05. The molecule has 2 aromatic heterocycles.